The lowest BCUT2D eigenvalue weighted by molar-refractivity contribution is -0.118. The number of hydrogen-bond acceptors (Lipinski definition) is 4. The Kier molecular flexibility index (Phi) is 6.44. The number of amides is 1. The molecule has 3 N–H and O–H groups in total. The lowest BCUT2D eigenvalue weighted by Crippen LogP contribution is -2.43. The van der Waals surface area contributed by atoms with Crippen molar-refractivity contribution in [1.82, 2.24) is 5.32 Å². The van der Waals surface area contributed by atoms with Crippen molar-refractivity contribution in [3.63, 3.8) is 0 Å². The van der Waals surface area contributed by atoms with E-state index in [1.165, 1.54) is 0 Å². The third-order valence-electron chi connectivity index (χ3n) is 3.06. The number of benzene rings is 1. The molecule has 8 heteroatoms. The summed E-state index contributed by atoms with van der Waals surface area (Å²) in [6.07, 6.45) is 4.05. The summed E-state index contributed by atoms with van der Waals surface area (Å²) in [6, 6.07) is 6.48. The van der Waals surface area contributed by atoms with Gasteiger partial charge in [0.25, 0.3) is 0 Å². The molecule has 1 aromatic carbocycles. The standard InChI is InChI=1S/C13H19N3O3S.ClH/c1-20(18,19)16-11-6-4-5-10(9-11)15-13(17)12-7-2-3-8-14-12;/h4-6,9,12,14,16H,2-3,7-8H2,1H3,(H,15,17);1H/t12-;/m1./s1. The first-order valence-electron chi connectivity index (χ1n) is 6.56. The van der Waals surface area contributed by atoms with Crippen LogP contribution in [0.15, 0.2) is 24.3 Å². The van der Waals surface area contributed by atoms with Crippen LogP contribution in [0.5, 0.6) is 0 Å². The fraction of sp³-hybridized carbons (Fsp3) is 0.462. The number of hydrogen-bond donors (Lipinski definition) is 3. The normalized spacial score (nSPS) is 18.4. The molecule has 1 atom stereocenters. The molecular weight excluding hydrogens is 314 g/mol. The highest BCUT2D eigenvalue weighted by atomic mass is 35.5. The molecule has 0 aromatic heterocycles. The Bertz CT molecular complexity index is 586. The molecule has 1 saturated heterocycles. The molecule has 1 amide bonds. The Balaban J connectivity index is 0.00000220. The molecule has 1 aliphatic rings. The summed E-state index contributed by atoms with van der Waals surface area (Å²) in [5, 5.41) is 5.97. The number of carbonyl (C=O) groups excluding carboxylic acids is 1. The highest BCUT2D eigenvalue weighted by Crippen LogP contribution is 2.17. The van der Waals surface area contributed by atoms with Gasteiger partial charge in [-0.05, 0) is 37.6 Å². The van der Waals surface area contributed by atoms with E-state index in [4.69, 9.17) is 0 Å². The predicted octanol–water partition coefficient (Wildman–Crippen LogP) is 1.56. The number of anilines is 2. The molecule has 1 aromatic rings. The SMILES string of the molecule is CS(=O)(=O)Nc1cccc(NC(=O)[C@H]2CCCCN2)c1.Cl. The fourth-order valence-electron chi connectivity index (χ4n) is 2.18. The first-order chi connectivity index (χ1) is 9.44. The maximum absolute atomic E-state index is 12.1. The molecule has 1 fully saturated rings. The summed E-state index contributed by atoms with van der Waals surface area (Å²) in [4.78, 5) is 12.1. The van der Waals surface area contributed by atoms with Crippen LogP contribution < -0.4 is 15.4 Å². The molecule has 0 unspecified atom stereocenters. The lowest BCUT2D eigenvalue weighted by Gasteiger charge is -2.22. The number of halogens is 1. The highest BCUT2D eigenvalue weighted by Gasteiger charge is 2.20. The van der Waals surface area contributed by atoms with E-state index in [0.29, 0.717) is 11.4 Å². The third kappa shape index (κ3) is 5.91. The first kappa shape index (κ1) is 17.7. The summed E-state index contributed by atoms with van der Waals surface area (Å²) >= 11 is 0. The van der Waals surface area contributed by atoms with E-state index in [-0.39, 0.29) is 24.4 Å². The van der Waals surface area contributed by atoms with E-state index in [1.807, 2.05) is 0 Å². The van der Waals surface area contributed by atoms with E-state index in [2.05, 4.69) is 15.4 Å². The molecule has 2 rings (SSSR count). The fourth-order valence-corrected chi connectivity index (χ4v) is 2.73. The van der Waals surface area contributed by atoms with Crippen LogP contribution in [0, 0.1) is 0 Å². The average Bonchev–Trinajstić information content (AvgIpc) is 2.38. The van der Waals surface area contributed by atoms with Gasteiger partial charge in [-0.2, -0.15) is 0 Å². The second-order valence-corrected chi connectivity index (χ2v) is 6.70. The minimum absolute atomic E-state index is 0. The first-order valence-corrected chi connectivity index (χ1v) is 8.45. The highest BCUT2D eigenvalue weighted by molar-refractivity contribution is 7.92. The van der Waals surface area contributed by atoms with E-state index in [0.717, 1.165) is 32.1 Å². The smallest absolute Gasteiger partial charge is 0.241 e. The molecule has 1 aliphatic heterocycles. The van der Waals surface area contributed by atoms with Gasteiger partial charge in [-0.15, -0.1) is 12.4 Å². The molecule has 6 nitrogen and oxygen atoms in total. The molecule has 0 bridgehead atoms. The maximum Gasteiger partial charge on any atom is 0.241 e. The minimum Gasteiger partial charge on any atom is -0.325 e. The van der Waals surface area contributed by atoms with Crippen molar-refractivity contribution in [2.45, 2.75) is 25.3 Å². The van der Waals surface area contributed by atoms with Crippen LogP contribution in [-0.4, -0.2) is 33.2 Å². The number of piperidine rings is 1. The summed E-state index contributed by atoms with van der Waals surface area (Å²) < 4.78 is 24.7. The average molecular weight is 334 g/mol. The number of carbonyl (C=O) groups is 1. The number of nitrogens with one attached hydrogen (secondary N) is 3. The zero-order chi connectivity index (χ0) is 14.6. The van der Waals surface area contributed by atoms with Gasteiger partial charge in [-0.1, -0.05) is 12.5 Å². The van der Waals surface area contributed by atoms with Gasteiger partial charge in [0, 0.05) is 5.69 Å². The summed E-state index contributed by atoms with van der Waals surface area (Å²) in [6.45, 7) is 0.855. The van der Waals surface area contributed by atoms with Gasteiger partial charge in [0.2, 0.25) is 15.9 Å². The van der Waals surface area contributed by atoms with Crippen molar-refractivity contribution in [1.29, 1.82) is 0 Å². The van der Waals surface area contributed by atoms with Crippen molar-refractivity contribution < 1.29 is 13.2 Å². The van der Waals surface area contributed by atoms with Gasteiger partial charge in [-0.25, -0.2) is 8.42 Å². The third-order valence-corrected chi connectivity index (χ3v) is 3.67. The largest absolute Gasteiger partial charge is 0.325 e. The van der Waals surface area contributed by atoms with Crippen LogP contribution in [0.1, 0.15) is 19.3 Å². The Hall–Kier alpha value is -1.31. The van der Waals surface area contributed by atoms with Gasteiger partial charge in [0.15, 0.2) is 0 Å². The summed E-state index contributed by atoms with van der Waals surface area (Å²) in [7, 11) is -3.32. The van der Waals surface area contributed by atoms with Crippen molar-refractivity contribution in [2.24, 2.45) is 0 Å². The van der Waals surface area contributed by atoms with Gasteiger partial charge in [0.1, 0.15) is 0 Å². The zero-order valence-corrected chi connectivity index (χ0v) is 13.4. The summed E-state index contributed by atoms with van der Waals surface area (Å²) in [5.74, 6) is -0.0822. The minimum atomic E-state index is -3.32. The molecule has 0 saturated carbocycles. The van der Waals surface area contributed by atoms with Crippen LogP contribution in [0.3, 0.4) is 0 Å². The molecule has 1 heterocycles. The Morgan fingerprint density at radius 2 is 2.00 bits per heavy atom. The monoisotopic (exact) mass is 333 g/mol. The van der Waals surface area contributed by atoms with Crippen LogP contribution in [0.2, 0.25) is 0 Å². The van der Waals surface area contributed by atoms with Gasteiger partial charge in [0.05, 0.1) is 18.0 Å². The molecule has 0 radical (unpaired) electrons. The quantitative estimate of drug-likeness (QED) is 0.780. The summed E-state index contributed by atoms with van der Waals surface area (Å²) in [5.41, 5.74) is 1.01. The van der Waals surface area contributed by atoms with Crippen LogP contribution in [0.4, 0.5) is 11.4 Å². The van der Waals surface area contributed by atoms with Crippen molar-refractivity contribution in [3.8, 4) is 0 Å². The van der Waals surface area contributed by atoms with Crippen molar-refractivity contribution in [3.05, 3.63) is 24.3 Å². The molecule has 0 spiro atoms. The maximum atomic E-state index is 12.1. The van der Waals surface area contributed by atoms with Crippen molar-refractivity contribution >= 4 is 39.7 Å². The van der Waals surface area contributed by atoms with E-state index in [1.54, 1.807) is 24.3 Å². The molecule has 21 heavy (non-hydrogen) atoms. The second-order valence-electron chi connectivity index (χ2n) is 4.95. The van der Waals surface area contributed by atoms with Crippen LogP contribution in [-0.2, 0) is 14.8 Å². The molecule has 0 aliphatic carbocycles. The van der Waals surface area contributed by atoms with Gasteiger partial charge >= 0.3 is 0 Å². The predicted molar refractivity (Wildman–Crippen MR) is 86.4 cm³/mol. The van der Waals surface area contributed by atoms with Crippen molar-refractivity contribution in [2.75, 3.05) is 22.8 Å². The van der Waals surface area contributed by atoms with Crippen LogP contribution in [0.25, 0.3) is 0 Å². The number of sulfonamides is 1. The second kappa shape index (κ2) is 7.63. The lowest BCUT2D eigenvalue weighted by atomic mass is 10.0. The Morgan fingerprint density at radius 3 is 2.62 bits per heavy atom. The van der Waals surface area contributed by atoms with Gasteiger partial charge in [-0.3, -0.25) is 9.52 Å². The van der Waals surface area contributed by atoms with E-state index in [9.17, 15) is 13.2 Å². The molecular formula is C13H20ClN3O3S. The zero-order valence-electron chi connectivity index (χ0n) is 11.8. The topological polar surface area (TPSA) is 87.3 Å². The van der Waals surface area contributed by atoms with Crippen LogP contribution >= 0.6 is 12.4 Å². The Morgan fingerprint density at radius 1 is 1.29 bits per heavy atom. The number of rotatable bonds is 4. The molecule has 118 valence electrons. The van der Waals surface area contributed by atoms with E-state index < -0.39 is 10.0 Å². The van der Waals surface area contributed by atoms with Gasteiger partial charge < -0.3 is 10.6 Å². The van der Waals surface area contributed by atoms with E-state index >= 15 is 0 Å². The Labute approximate surface area is 131 Å².